The van der Waals surface area contributed by atoms with E-state index in [4.69, 9.17) is 27.7 Å². The van der Waals surface area contributed by atoms with Crippen molar-refractivity contribution >= 4 is 29.8 Å². The van der Waals surface area contributed by atoms with Crippen LogP contribution < -0.4 is 11.5 Å². The van der Waals surface area contributed by atoms with Crippen LogP contribution in [0, 0.1) is 12.3 Å². The van der Waals surface area contributed by atoms with Crippen LogP contribution in [0.25, 0.3) is 5.70 Å². The summed E-state index contributed by atoms with van der Waals surface area (Å²) in [7, 11) is 0. The van der Waals surface area contributed by atoms with Crippen molar-refractivity contribution in [2.75, 3.05) is 18.8 Å². The molecule has 43 heavy (non-hydrogen) atoms. The number of hydrogen-bond donors (Lipinski definition) is 2. The molecule has 0 aliphatic carbocycles. The van der Waals surface area contributed by atoms with Crippen molar-refractivity contribution < 1.29 is 9.59 Å². The van der Waals surface area contributed by atoms with Gasteiger partial charge in [0.2, 0.25) is 0 Å². The second-order valence-corrected chi connectivity index (χ2v) is 9.09. The van der Waals surface area contributed by atoms with E-state index < -0.39 is 0 Å². The fraction of sp³-hybridized carbons (Fsp3) is 0.378. The zero-order chi connectivity index (χ0) is 33.0. The number of anilines is 1. The average Bonchev–Trinajstić information content (AvgIpc) is 3.04. The van der Waals surface area contributed by atoms with E-state index in [0.717, 1.165) is 48.3 Å². The van der Waals surface area contributed by atoms with Crippen LogP contribution in [0.3, 0.4) is 0 Å². The highest BCUT2D eigenvalue weighted by Crippen LogP contribution is 2.22. The van der Waals surface area contributed by atoms with Gasteiger partial charge in [0.1, 0.15) is 6.79 Å². The summed E-state index contributed by atoms with van der Waals surface area (Å²) in [5.74, 6) is 2.40. The predicted molar refractivity (Wildman–Crippen MR) is 188 cm³/mol. The summed E-state index contributed by atoms with van der Waals surface area (Å²) in [5.41, 5.74) is 17.9. The zero-order valence-corrected chi connectivity index (χ0v) is 27.4. The topological polar surface area (TPSA) is 102 Å². The van der Waals surface area contributed by atoms with E-state index in [0.29, 0.717) is 25.9 Å². The lowest BCUT2D eigenvalue weighted by Crippen LogP contribution is -2.36. The van der Waals surface area contributed by atoms with Crippen LogP contribution in [-0.2, 0) is 22.4 Å². The predicted octanol–water partition coefficient (Wildman–Crippen LogP) is 7.79. The van der Waals surface area contributed by atoms with Crippen molar-refractivity contribution in [1.29, 1.82) is 0 Å². The molecule has 0 fully saturated rings. The molecule has 0 unspecified atom stereocenters. The standard InChI is InChI=1S/C28H39N3O.C6H7N.C2H6.CH2O/c1-7-13-19-31(18-10-4)28(32)26(29)21-25(14-8-2)30-27(15-9-3)24-17-16-22(11-5)23(12-6)20-24;7-6-4-2-1-3-5-6;2*1-2/h1,9,15-17,20-21H,3,8,10-14,18-19,29H2,2,4-6H3;1-5H,7H2;1-2H3;1H2/b26-21-,27-15-,30-25-;;;. The molecule has 0 atom stereocenters. The number of nitrogens with zero attached hydrogens (tertiary/aromatic N) is 2. The molecule has 2 rings (SSSR count). The molecular weight excluding hydrogens is 532 g/mol. The van der Waals surface area contributed by atoms with Gasteiger partial charge in [-0.15, -0.1) is 12.3 Å². The summed E-state index contributed by atoms with van der Waals surface area (Å²) >= 11 is 0. The van der Waals surface area contributed by atoms with Crippen LogP contribution in [-0.4, -0.2) is 36.4 Å². The van der Waals surface area contributed by atoms with Crippen LogP contribution in [0.2, 0.25) is 0 Å². The van der Waals surface area contributed by atoms with Crippen molar-refractivity contribution in [3.63, 3.8) is 0 Å². The fourth-order valence-electron chi connectivity index (χ4n) is 4.00. The first kappa shape index (κ1) is 40.8. The molecule has 0 aliphatic heterocycles. The van der Waals surface area contributed by atoms with E-state index in [1.807, 2.05) is 64.0 Å². The third-order valence-electron chi connectivity index (χ3n) is 5.99. The SMILES string of the molecule is C#CCCN(CCC)C(=O)/C(N)=C/C(CCC)=N\C(=C/C=C)c1ccc(CC)c(CC)c1.C=O.CC.Nc1ccccc1. The van der Waals surface area contributed by atoms with Crippen molar-refractivity contribution in [2.45, 2.75) is 80.1 Å². The first-order valence-corrected chi connectivity index (χ1v) is 15.2. The first-order valence-electron chi connectivity index (χ1n) is 15.2. The molecule has 0 heterocycles. The average molecular weight is 587 g/mol. The Hall–Kier alpha value is -4.37. The number of terminal acetylenes is 1. The highest BCUT2D eigenvalue weighted by atomic mass is 16.2. The summed E-state index contributed by atoms with van der Waals surface area (Å²) in [4.78, 5) is 27.5. The molecule has 0 aromatic heterocycles. The van der Waals surface area contributed by atoms with Gasteiger partial charge in [-0.25, -0.2) is 0 Å². The molecule has 6 heteroatoms. The van der Waals surface area contributed by atoms with Gasteiger partial charge in [0.05, 0.1) is 11.4 Å². The number of benzene rings is 2. The van der Waals surface area contributed by atoms with Crippen molar-refractivity contribution in [3.05, 3.63) is 95.7 Å². The number of carbonyl (C=O) groups is 2. The highest BCUT2D eigenvalue weighted by Gasteiger charge is 2.16. The molecule has 1 amide bonds. The van der Waals surface area contributed by atoms with Gasteiger partial charge in [-0.1, -0.05) is 91.0 Å². The normalized spacial score (nSPS) is 10.9. The second-order valence-electron chi connectivity index (χ2n) is 9.09. The zero-order valence-electron chi connectivity index (χ0n) is 27.4. The minimum atomic E-state index is -0.194. The van der Waals surface area contributed by atoms with E-state index in [1.54, 1.807) is 17.1 Å². The molecular formula is C37H54N4O2. The lowest BCUT2D eigenvalue weighted by molar-refractivity contribution is -0.127. The molecule has 0 saturated heterocycles. The Labute approximate surface area is 261 Å². The maximum Gasteiger partial charge on any atom is 0.269 e. The maximum atomic E-state index is 12.9. The summed E-state index contributed by atoms with van der Waals surface area (Å²) in [6.45, 7) is 19.4. The summed E-state index contributed by atoms with van der Waals surface area (Å²) in [6.07, 6.45) is 15.7. The largest absolute Gasteiger partial charge is 0.399 e. The van der Waals surface area contributed by atoms with Crippen LogP contribution in [0.15, 0.2) is 84.0 Å². The molecule has 0 bridgehead atoms. The fourth-order valence-corrected chi connectivity index (χ4v) is 4.00. The number of allylic oxidation sites excluding steroid dienone is 3. The third kappa shape index (κ3) is 16.6. The number of nitrogen functional groups attached to an aromatic ring is 1. The Bertz CT molecular complexity index is 1190. The van der Waals surface area contributed by atoms with Crippen LogP contribution in [0.1, 0.15) is 83.9 Å². The molecule has 6 nitrogen and oxygen atoms in total. The van der Waals surface area contributed by atoms with Gasteiger partial charge in [0, 0.05) is 36.5 Å². The quantitative estimate of drug-likeness (QED) is 0.0822. The second kappa shape index (κ2) is 26.5. The van der Waals surface area contributed by atoms with Gasteiger partial charge in [-0.05, 0) is 67.2 Å². The highest BCUT2D eigenvalue weighted by molar-refractivity contribution is 6.05. The van der Waals surface area contributed by atoms with E-state index in [9.17, 15) is 4.79 Å². The van der Waals surface area contributed by atoms with Gasteiger partial charge in [0.15, 0.2) is 0 Å². The molecule has 0 saturated carbocycles. The van der Waals surface area contributed by atoms with Gasteiger partial charge in [-0.2, -0.15) is 0 Å². The number of aliphatic imine (C=N–C) groups is 1. The Kier molecular flexibility index (Phi) is 25.1. The summed E-state index contributed by atoms with van der Waals surface area (Å²) in [5, 5.41) is 0. The van der Waals surface area contributed by atoms with Gasteiger partial charge in [-0.3, -0.25) is 9.79 Å². The molecule has 2 aromatic carbocycles. The molecule has 0 aliphatic rings. The van der Waals surface area contributed by atoms with Crippen LogP contribution >= 0.6 is 0 Å². The van der Waals surface area contributed by atoms with Gasteiger partial charge >= 0.3 is 0 Å². The lowest BCUT2D eigenvalue weighted by atomic mass is 9.98. The Balaban J connectivity index is 0. The number of carbonyl (C=O) groups excluding carboxylic acids is 2. The smallest absolute Gasteiger partial charge is 0.269 e. The van der Waals surface area contributed by atoms with E-state index in [-0.39, 0.29) is 11.6 Å². The third-order valence-corrected chi connectivity index (χ3v) is 5.99. The number of para-hydroxylation sites is 1. The number of nitrogens with two attached hydrogens (primary N) is 2. The number of hydrogen-bond acceptors (Lipinski definition) is 5. The van der Waals surface area contributed by atoms with Crippen molar-refractivity contribution in [1.82, 2.24) is 4.90 Å². The number of amides is 1. The van der Waals surface area contributed by atoms with Crippen LogP contribution in [0.5, 0.6) is 0 Å². The first-order chi connectivity index (χ1) is 20.8. The minimum Gasteiger partial charge on any atom is -0.399 e. The van der Waals surface area contributed by atoms with E-state index >= 15 is 0 Å². The van der Waals surface area contributed by atoms with Crippen molar-refractivity contribution in [3.8, 4) is 12.3 Å². The molecule has 2 aromatic rings. The molecule has 0 spiro atoms. The monoisotopic (exact) mass is 586 g/mol. The molecule has 4 N–H and O–H groups in total. The Morgan fingerprint density at radius 1 is 0.977 bits per heavy atom. The van der Waals surface area contributed by atoms with E-state index in [2.05, 4.69) is 51.5 Å². The van der Waals surface area contributed by atoms with Crippen molar-refractivity contribution in [2.24, 2.45) is 10.7 Å². The summed E-state index contributed by atoms with van der Waals surface area (Å²) in [6, 6.07) is 16.0. The Morgan fingerprint density at radius 2 is 1.60 bits per heavy atom. The van der Waals surface area contributed by atoms with Gasteiger partial charge in [0.25, 0.3) is 5.91 Å². The Morgan fingerprint density at radius 3 is 2.07 bits per heavy atom. The number of aryl methyl sites for hydroxylation is 2. The lowest BCUT2D eigenvalue weighted by Gasteiger charge is -2.21. The molecule has 0 radical (unpaired) electrons. The van der Waals surface area contributed by atoms with E-state index in [1.165, 1.54) is 11.1 Å². The van der Waals surface area contributed by atoms with Crippen LogP contribution in [0.4, 0.5) is 5.69 Å². The molecule has 234 valence electrons. The minimum absolute atomic E-state index is 0.191. The number of rotatable bonds is 13. The summed E-state index contributed by atoms with van der Waals surface area (Å²) < 4.78 is 0. The maximum absolute atomic E-state index is 12.9. The van der Waals surface area contributed by atoms with Gasteiger partial charge < -0.3 is 21.2 Å².